The maximum atomic E-state index is 12.8. The average molecular weight is 357 g/mol. The summed E-state index contributed by atoms with van der Waals surface area (Å²) in [6.07, 6.45) is 2.77. The summed E-state index contributed by atoms with van der Waals surface area (Å²) in [5.74, 6) is 1.17. The summed E-state index contributed by atoms with van der Waals surface area (Å²) in [5.41, 5.74) is 0.969. The molecule has 1 fully saturated rings. The van der Waals surface area contributed by atoms with Crippen LogP contribution in [0, 0.1) is 0 Å². The van der Waals surface area contributed by atoms with Gasteiger partial charge >= 0.3 is 0 Å². The summed E-state index contributed by atoms with van der Waals surface area (Å²) < 4.78 is 6.90. The number of rotatable bonds is 3. The molecule has 1 saturated heterocycles. The number of hydrogen-bond acceptors (Lipinski definition) is 7. The number of aromatic hydroxyl groups is 1. The zero-order valence-corrected chi connectivity index (χ0v) is 15.0. The van der Waals surface area contributed by atoms with Gasteiger partial charge in [0.1, 0.15) is 11.5 Å². The lowest BCUT2D eigenvalue weighted by molar-refractivity contribution is 0.260. The second-order valence-electron chi connectivity index (χ2n) is 7.02. The fourth-order valence-electron chi connectivity index (χ4n) is 3.67. The van der Waals surface area contributed by atoms with Crippen LogP contribution < -0.4 is 15.6 Å². The van der Waals surface area contributed by atoms with E-state index in [0.29, 0.717) is 30.3 Å². The fourth-order valence-corrected chi connectivity index (χ4v) is 3.67. The lowest BCUT2D eigenvalue weighted by Crippen LogP contribution is -2.41. The maximum Gasteiger partial charge on any atom is 0.281 e. The molecule has 1 aromatic heterocycles. The minimum absolute atomic E-state index is 0.0565. The van der Waals surface area contributed by atoms with Gasteiger partial charge in [0.05, 0.1) is 12.2 Å². The predicted octanol–water partition coefficient (Wildman–Crippen LogP) is 0.989. The van der Waals surface area contributed by atoms with Crippen molar-refractivity contribution in [3.63, 3.8) is 0 Å². The van der Waals surface area contributed by atoms with Crippen LogP contribution in [0.15, 0.2) is 16.9 Å². The van der Waals surface area contributed by atoms with Crippen molar-refractivity contribution in [1.82, 2.24) is 19.7 Å². The molecule has 8 nitrogen and oxygen atoms in total. The molecule has 0 unspecified atom stereocenters. The van der Waals surface area contributed by atoms with Gasteiger partial charge in [-0.1, -0.05) is 0 Å². The van der Waals surface area contributed by atoms with Crippen molar-refractivity contribution in [3.05, 3.63) is 28.0 Å². The summed E-state index contributed by atoms with van der Waals surface area (Å²) in [4.78, 5) is 15.1. The van der Waals surface area contributed by atoms with Gasteiger partial charge in [-0.2, -0.15) is 0 Å². The predicted molar refractivity (Wildman–Crippen MR) is 97.7 cm³/mol. The molecule has 138 valence electrons. The van der Waals surface area contributed by atoms with E-state index in [4.69, 9.17) is 4.74 Å². The van der Waals surface area contributed by atoms with Crippen LogP contribution in [0.25, 0.3) is 11.3 Å². The zero-order chi connectivity index (χ0) is 18.3. The number of hydrogen-bond donors (Lipinski definition) is 2. The highest BCUT2D eigenvalue weighted by Gasteiger charge is 2.23. The Hall–Kier alpha value is -2.61. The molecule has 0 saturated carbocycles. The number of likely N-dealkylation sites (N-methyl/N-ethyl adjacent to an activating group) is 1. The molecule has 3 heterocycles. The van der Waals surface area contributed by atoms with E-state index in [9.17, 15) is 9.90 Å². The summed E-state index contributed by atoms with van der Waals surface area (Å²) in [6, 6.07) is 3.67. The minimum Gasteiger partial charge on any atom is -0.507 e. The average Bonchev–Trinajstić information content (AvgIpc) is 3.10. The third kappa shape index (κ3) is 2.90. The van der Waals surface area contributed by atoms with Crippen molar-refractivity contribution in [2.75, 3.05) is 32.1 Å². The molecular formula is C18H23N5O3. The van der Waals surface area contributed by atoms with E-state index in [1.807, 2.05) is 0 Å². The molecule has 8 heteroatoms. The highest BCUT2D eigenvalue weighted by Crippen LogP contribution is 2.38. The lowest BCUT2D eigenvalue weighted by atomic mass is 10.0. The first-order valence-electron chi connectivity index (χ1n) is 8.91. The van der Waals surface area contributed by atoms with Crippen LogP contribution in [0.1, 0.15) is 18.4 Å². The molecule has 1 atom stereocenters. The lowest BCUT2D eigenvalue weighted by Gasteiger charge is -2.30. The maximum absolute atomic E-state index is 12.8. The second-order valence-corrected chi connectivity index (χ2v) is 7.02. The van der Waals surface area contributed by atoms with Gasteiger partial charge in [-0.15, -0.1) is 10.2 Å². The number of nitrogens with zero attached hydrogens (tertiary/aromatic N) is 4. The second kappa shape index (κ2) is 6.60. The molecule has 0 amide bonds. The summed E-state index contributed by atoms with van der Waals surface area (Å²) in [5, 5.41) is 22.2. The third-order valence-electron chi connectivity index (χ3n) is 5.13. The Kier molecular flexibility index (Phi) is 4.28. The number of anilines is 1. The van der Waals surface area contributed by atoms with Gasteiger partial charge in [0.25, 0.3) is 5.56 Å². The molecule has 0 bridgehead atoms. The molecule has 2 aliphatic rings. The van der Waals surface area contributed by atoms with Crippen LogP contribution >= 0.6 is 0 Å². The van der Waals surface area contributed by atoms with E-state index in [2.05, 4.69) is 27.5 Å². The number of phenolic OH excluding ortho intramolecular Hbond substituents is 1. The molecule has 2 aromatic rings. The van der Waals surface area contributed by atoms with E-state index >= 15 is 0 Å². The molecule has 0 spiro atoms. The molecule has 2 aliphatic heterocycles. The fraction of sp³-hybridized carbons (Fsp3) is 0.500. The first-order valence-corrected chi connectivity index (χ1v) is 8.91. The SMILES string of the molecule is CN1CCC[C@@H](Nc2nnc(-c3ccc4c(c3O)CCO4)c(=O)n2C)C1. The Morgan fingerprint density at radius 1 is 1.31 bits per heavy atom. The number of aromatic nitrogens is 3. The van der Waals surface area contributed by atoms with Crippen LogP contribution in [0.2, 0.25) is 0 Å². The summed E-state index contributed by atoms with van der Waals surface area (Å²) in [6.45, 7) is 2.53. The summed E-state index contributed by atoms with van der Waals surface area (Å²) >= 11 is 0. The normalized spacial score (nSPS) is 19.8. The molecule has 26 heavy (non-hydrogen) atoms. The summed E-state index contributed by atoms with van der Waals surface area (Å²) in [7, 11) is 3.75. The largest absolute Gasteiger partial charge is 0.507 e. The Labute approximate surface area is 151 Å². The topological polar surface area (TPSA) is 92.5 Å². The van der Waals surface area contributed by atoms with Crippen molar-refractivity contribution in [2.24, 2.45) is 7.05 Å². The van der Waals surface area contributed by atoms with E-state index in [1.54, 1.807) is 19.2 Å². The van der Waals surface area contributed by atoms with Crippen LogP contribution in [0.4, 0.5) is 5.95 Å². The van der Waals surface area contributed by atoms with Gasteiger partial charge in [0.15, 0.2) is 5.69 Å². The highest BCUT2D eigenvalue weighted by molar-refractivity contribution is 5.71. The van der Waals surface area contributed by atoms with Crippen molar-refractivity contribution in [2.45, 2.75) is 25.3 Å². The van der Waals surface area contributed by atoms with Crippen molar-refractivity contribution < 1.29 is 9.84 Å². The van der Waals surface area contributed by atoms with Gasteiger partial charge in [0.2, 0.25) is 5.95 Å². The third-order valence-corrected chi connectivity index (χ3v) is 5.13. The monoisotopic (exact) mass is 357 g/mol. The first kappa shape index (κ1) is 16.8. The van der Waals surface area contributed by atoms with Gasteiger partial charge in [-0.3, -0.25) is 9.36 Å². The van der Waals surface area contributed by atoms with E-state index in [-0.39, 0.29) is 23.0 Å². The van der Waals surface area contributed by atoms with E-state index in [0.717, 1.165) is 31.5 Å². The van der Waals surface area contributed by atoms with Gasteiger partial charge in [0, 0.05) is 31.6 Å². The molecule has 0 radical (unpaired) electrons. The molecule has 0 aliphatic carbocycles. The van der Waals surface area contributed by atoms with Crippen molar-refractivity contribution in [1.29, 1.82) is 0 Å². The van der Waals surface area contributed by atoms with Gasteiger partial charge in [-0.25, -0.2) is 0 Å². The number of nitrogens with one attached hydrogen (secondary N) is 1. The number of likely N-dealkylation sites (tertiary alicyclic amines) is 1. The number of piperidine rings is 1. The molecule has 1 aromatic carbocycles. The number of ether oxygens (including phenoxy) is 1. The van der Waals surface area contributed by atoms with Gasteiger partial charge < -0.3 is 20.1 Å². The number of fused-ring (bicyclic) bond motifs is 1. The van der Waals surface area contributed by atoms with Crippen LogP contribution in [-0.4, -0.2) is 57.6 Å². The van der Waals surface area contributed by atoms with Crippen molar-refractivity contribution in [3.8, 4) is 22.8 Å². The number of benzene rings is 1. The standard InChI is InChI=1S/C18H23N5O3/c1-22-8-3-4-11(10-22)19-18-21-20-15(17(25)23(18)2)13-5-6-14-12(16(13)24)7-9-26-14/h5-6,11,24H,3-4,7-10H2,1-2H3,(H,19,21)/t11-/m1/s1. The molecular weight excluding hydrogens is 334 g/mol. The van der Waals surface area contributed by atoms with Crippen LogP contribution in [0.3, 0.4) is 0 Å². The first-order chi connectivity index (χ1) is 12.5. The van der Waals surface area contributed by atoms with Gasteiger partial charge in [-0.05, 0) is 38.6 Å². The number of phenols is 1. The molecule has 4 rings (SSSR count). The highest BCUT2D eigenvalue weighted by atomic mass is 16.5. The quantitative estimate of drug-likeness (QED) is 0.846. The zero-order valence-electron chi connectivity index (χ0n) is 15.0. The van der Waals surface area contributed by atoms with Crippen molar-refractivity contribution >= 4 is 5.95 Å². The van der Waals surface area contributed by atoms with Crippen LogP contribution in [-0.2, 0) is 13.5 Å². The minimum atomic E-state index is -0.291. The Bertz CT molecular complexity index is 895. The van der Waals surface area contributed by atoms with E-state index < -0.39 is 0 Å². The Morgan fingerprint density at radius 3 is 2.96 bits per heavy atom. The smallest absolute Gasteiger partial charge is 0.281 e. The van der Waals surface area contributed by atoms with Crippen LogP contribution in [0.5, 0.6) is 11.5 Å². The molecule has 2 N–H and O–H groups in total. The van der Waals surface area contributed by atoms with E-state index in [1.165, 1.54) is 4.57 Å². The Balaban J connectivity index is 1.66. The Morgan fingerprint density at radius 2 is 2.15 bits per heavy atom.